The van der Waals surface area contributed by atoms with Crippen LogP contribution in [0, 0.1) is 4.77 Å². The molecule has 0 radical (unpaired) electrons. The Morgan fingerprint density at radius 1 is 1.07 bits per heavy atom. The molecule has 0 saturated heterocycles. The Morgan fingerprint density at radius 2 is 1.85 bits per heavy atom. The van der Waals surface area contributed by atoms with Gasteiger partial charge in [0.05, 0.1) is 29.1 Å². The number of hydrogen-bond acceptors (Lipinski definition) is 4. The zero-order valence-corrected chi connectivity index (χ0v) is 17.6. The number of aromatic amines is 1. The molecule has 0 amide bonds. The molecule has 0 unspecified atom stereocenters. The van der Waals surface area contributed by atoms with E-state index in [-0.39, 0.29) is 0 Å². The van der Waals surface area contributed by atoms with Crippen molar-refractivity contribution in [2.24, 2.45) is 0 Å². The third-order valence-electron chi connectivity index (χ3n) is 3.87. The first kappa shape index (κ1) is 18.4. The Labute approximate surface area is 177 Å². The molecule has 11 heteroatoms. The monoisotopic (exact) mass is 483 g/mol. The summed E-state index contributed by atoms with van der Waals surface area (Å²) >= 11 is 21.0. The highest BCUT2D eigenvalue weighted by Gasteiger charge is 2.12. The number of nitrogens with one attached hydrogen (secondary N) is 1. The molecule has 0 aliphatic heterocycles. The highest BCUT2D eigenvalue weighted by molar-refractivity contribution is 9.10. The number of nitrogens with zero attached hydrogens (tertiary/aromatic N) is 6. The molecule has 0 bridgehead atoms. The van der Waals surface area contributed by atoms with Gasteiger partial charge in [0.1, 0.15) is 6.54 Å². The van der Waals surface area contributed by atoms with Gasteiger partial charge in [0, 0.05) is 22.4 Å². The molecule has 3 heterocycles. The van der Waals surface area contributed by atoms with E-state index in [0.717, 1.165) is 21.5 Å². The van der Waals surface area contributed by atoms with E-state index < -0.39 is 0 Å². The summed E-state index contributed by atoms with van der Waals surface area (Å²) in [5.74, 6) is 0.722. The second kappa shape index (κ2) is 7.59. The number of benzene rings is 1. The van der Waals surface area contributed by atoms with Crippen LogP contribution in [0.5, 0.6) is 0 Å². The third kappa shape index (κ3) is 4.01. The van der Waals surface area contributed by atoms with E-state index in [9.17, 15) is 0 Å². The molecule has 0 atom stereocenters. The van der Waals surface area contributed by atoms with E-state index >= 15 is 0 Å². The van der Waals surface area contributed by atoms with Crippen molar-refractivity contribution in [3.8, 4) is 5.69 Å². The van der Waals surface area contributed by atoms with Gasteiger partial charge in [0.2, 0.25) is 0 Å². The van der Waals surface area contributed by atoms with Gasteiger partial charge in [-0.25, -0.2) is 0 Å². The Bertz CT molecular complexity index is 1160. The van der Waals surface area contributed by atoms with E-state index in [0.29, 0.717) is 27.9 Å². The summed E-state index contributed by atoms with van der Waals surface area (Å²) in [5.41, 5.74) is 1.73. The maximum atomic E-state index is 6.25. The SMILES string of the molecule is S=c1[nH]nc(Cn2cc(Br)cn2)n1-c1cnn(Cc2ccc(Cl)cc2Cl)c1. The molecule has 7 nitrogen and oxygen atoms in total. The summed E-state index contributed by atoms with van der Waals surface area (Å²) in [6, 6.07) is 5.41. The number of aromatic nitrogens is 7. The van der Waals surface area contributed by atoms with Crippen molar-refractivity contribution >= 4 is 51.3 Å². The lowest BCUT2D eigenvalue weighted by molar-refractivity contribution is 0.643. The van der Waals surface area contributed by atoms with Crippen LogP contribution >= 0.6 is 51.3 Å². The van der Waals surface area contributed by atoms with Gasteiger partial charge >= 0.3 is 0 Å². The molecular formula is C16H12BrCl2N7S. The van der Waals surface area contributed by atoms with E-state index in [4.69, 9.17) is 35.4 Å². The average molecular weight is 485 g/mol. The van der Waals surface area contributed by atoms with Crippen molar-refractivity contribution in [1.82, 2.24) is 34.3 Å². The van der Waals surface area contributed by atoms with Crippen LogP contribution in [0.4, 0.5) is 0 Å². The van der Waals surface area contributed by atoms with Crippen LogP contribution < -0.4 is 0 Å². The summed E-state index contributed by atoms with van der Waals surface area (Å²) in [5, 5.41) is 17.0. The van der Waals surface area contributed by atoms with E-state index in [1.54, 1.807) is 33.9 Å². The minimum absolute atomic E-state index is 0.465. The number of halogens is 3. The predicted octanol–water partition coefficient (Wildman–Crippen LogP) is 4.49. The second-order valence-corrected chi connectivity index (χ2v) is 7.91. The summed E-state index contributed by atoms with van der Waals surface area (Å²) in [7, 11) is 0. The van der Waals surface area contributed by atoms with Gasteiger partial charge in [-0.05, 0) is 45.8 Å². The first-order chi connectivity index (χ1) is 13.0. The largest absolute Gasteiger partial charge is 0.267 e. The van der Waals surface area contributed by atoms with Crippen molar-refractivity contribution in [2.45, 2.75) is 13.1 Å². The molecular weight excluding hydrogens is 473 g/mol. The minimum Gasteiger partial charge on any atom is -0.267 e. The quantitative estimate of drug-likeness (QED) is 0.424. The van der Waals surface area contributed by atoms with Gasteiger partial charge in [0.25, 0.3) is 0 Å². The van der Waals surface area contributed by atoms with Crippen molar-refractivity contribution in [1.29, 1.82) is 0 Å². The van der Waals surface area contributed by atoms with Crippen LogP contribution in [0.2, 0.25) is 10.0 Å². The first-order valence-electron chi connectivity index (χ1n) is 7.80. The van der Waals surface area contributed by atoms with Crippen molar-refractivity contribution in [2.75, 3.05) is 0 Å². The van der Waals surface area contributed by atoms with Gasteiger partial charge in [-0.15, -0.1) is 0 Å². The van der Waals surface area contributed by atoms with Crippen LogP contribution in [0.1, 0.15) is 11.4 Å². The van der Waals surface area contributed by atoms with Crippen LogP contribution in [0.3, 0.4) is 0 Å². The molecule has 27 heavy (non-hydrogen) atoms. The fraction of sp³-hybridized carbons (Fsp3) is 0.125. The normalized spacial score (nSPS) is 11.2. The Hall–Kier alpha value is -1.94. The molecule has 0 saturated carbocycles. The molecule has 0 aliphatic carbocycles. The van der Waals surface area contributed by atoms with E-state index in [1.807, 2.05) is 23.0 Å². The molecule has 1 aromatic carbocycles. The van der Waals surface area contributed by atoms with Gasteiger partial charge in [-0.3, -0.25) is 19.0 Å². The maximum Gasteiger partial charge on any atom is 0.200 e. The fourth-order valence-corrected chi connectivity index (χ4v) is 3.70. The molecule has 0 spiro atoms. The van der Waals surface area contributed by atoms with Gasteiger partial charge in [-0.2, -0.15) is 15.3 Å². The lowest BCUT2D eigenvalue weighted by Crippen LogP contribution is -2.08. The van der Waals surface area contributed by atoms with Gasteiger partial charge in [0.15, 0.2) is 10.6 Å². The molecule has 3 aromatic heterocycles. The van der Waals surface area contributed by atoms with Crippen molar-refractivity contribution in [3.05, 3.63) is 73.7 Å². The Morgan fingerprint density at radius 3 is 2.59 bits per heavy atom. The summed E-state index contributed by atoms with van der Waals surface area (Å²) in [4.78, 5) is 0. The first-order valence-corrected chi connectivity index (χ1v) is 9.76. The Kier molecular flexibility index (Phi) is 5.18. The maximum absolute atomic E-state index is 6.25. The molecule has 4 aromatic rings. The smallest absolute Gasteiger partial charge is 0.200 e. The van der Waals surface area contributed by atoms with Crippen molar-refractivity contribution < 1.29 is 0 Å². The highest BCUT2D eigenvalue weighted by atomic mass is 79.9. The molecule has 138 valence electrons. The Balaban J connectivity index is 1.61. The van der Waals surface area contributed by atoms with Gasteiger partial charge in [-0.1, -0.05) is 29.3 Å². The number of H-pyrrole nitrogens is 1. The average Bonchev–Trinajstić information content (AvgIpc) is 3.32. The highest BCUT2D eigenvalue weighted by Crippen LogP contribution is 2.22. The molecule has 1 N–H and O–H groups in total. The molecule has 0 fully saturated rings. The summed E-state index contributed by atoms with van der Waals surface area (Å²) < 4.78 is 6.77. The number of hydrogen-bond donors (Lipinski definition) is 1. The minimum atomic E-state index is 0.465. The van der Waals surface area contributed by atoms with Crippen LogP contribution in [0.25, 0.3) is 5.69 Å². The van der Waals surface area contributed by atoms with Gasteiger partial charge < -0.3 is 0 Å². The lowest BCUT2D eigenvalue weighted by atomic mass is 10.2. The lowest BCUT2D eigenvalue weighted by Gasteiger charge is -2.06. The van der Waals surface area contributed by atoms with E-state index in [2.05, 4.69) is 36.3 Å². The molecule has 0 aliphatic rings. The molecule has 4 rings (SSSR count). The predicted molar refractivity (Wildman–Crippen MR) is 109 cm³/mol. The standard InChI is InChI=1S/C16H12BrCl2N7S/c17-11-4-20-25(7-11)9-15-22-23-16(27)26(15)13-5-21-24(8-13)6-10-1-2-12(18)3-14(10)19/h1-5,7-8H,6,9H2,(H,23,27). The van der Waals surface area contributed by atoms with E-state index in [1.165, 1.54) is 0 Å². The van der Waals surface area contributed by atoms with Crippen LogP contribution in [0.15, 0.2) is 47.5 Å². The zero-order chi connectivity index (χ0) is 19.0. The fourth-order valence-electron chi connectivity index (χ4n) is 2.65. The summed E-state index contributed by atoms with van der Waals surface area (Å²) in [6.07, 6.45) is 7.21. The topological polar surface area (TPSA) is 69.2 Å². The van der Waals surface area contributed by atoms with Crippen LogP contribution in [-0.4, -0.2) is 34.3 Å². The zero-order valence-electron chi connectivity index (χ0n) is 13.7. The number of rotatable bonds is 5. The van der Waals surface area contributed by atoms with Crippen LogP contribution in [-0.2, 0) is 13.1 Å². The van der Waals surface area contributed by atoms with Crippen molar-refractivity contribution in [3.63, 3.8) is 0 Å². The third-order valence-corrected chi connectivity index (χ3v) is 5.14. The second-order valence-electron chi connectivity index (χ2n) is 5.77. The summed E-state index contributed by atoms with van der Waals surface area (Å²) in [6.45, 7) is 0.982.